The highest BCUT2D eigenvalue weighted by atomic mass is 79.9. The number of nitrogens with one attached hydrogen (secondary N) is 2. The second-order valence-electron chi connectivity index (χ2n) is 4.60. The molecule has 0 aliphatic rings. The summed E-state index contributed by atoms with van der Waals surface area (Å²) in [5.74, 6) is 0. The summed E-state index contributed by atoms with van der Waals surface area (Å²) in [4.78, 5) is 0. The third-order valence-electron chi connectivity index (χ3n) is 2.89. The number of benzene rings is 1. The molecule has 0 atom stereocenters. The first-order valence-corrected chi connectivity index (χ1v) is 8.81. The quantitative estimate of drug-likeness (QED) is 0.696. The van der Waals surface area contributed by atoms with Crippen molar-refractivity contribution in [3.05, 3.63) is 28.2 Å². The van der Waals surface area contributed by atoms with Crippen molar-refractivity contribution in [2.24, 2.45) is 0 Å². The molecule has 0 aliphatic heterocycles. The smallest absolute Gasteiger partial charge is 0.301 e. The van der Waals surface area contributed by atoms with Crippen LogP contribution in [0.5, 0.6) is 0 Å². The van der Waals surface area contributed by atoms with Gasteiger partial charge in [0.05, 0.1) is 5.69 Å². The highest BCUT2D eigenvalue weighted by Crippen LogP contribution is 2.21. The van der Waals surface area contributed by atoms with E-state index in [1.165, 1.54) is 4.31 Å². The van der Waals surface area contributed by atoms with Crippen LogP contribution >= 0.6 is 15.9 Å². The Bertz CT molecular complexity index is 534. The Morgan fingerprint density at radius 3 is 2.65 bits per heavy atom. The van der Waals surface area contributed by atoms with Crippen molar-refractivity contribution in [3.63, 3.8) is 0 Å². The van der Waals surface area contributed by atoms with Crippen molar-refractivity contribution in [3.8, 4) is 0 Å². The molecule has 2 N–H and O–H groups in total. The topological polar surface area (TPSA) is 61.4 Å². The van der Waals surface area contributed by atoms with Crippen molar-refractivity contribution >= 4 is 31.8 Å². The molecule has 0 amide bonds. The molecule has 5 nitrogen and oxygen atoms in total. The lowest BCUT2D eigenvalue weighted by Gasteiger charge is -2.18. The van der Waals surface area contributed by atoms with Crippen LogP contribution in [0.3, 0.4) is 0 Å². The third kappa shape index (κ3) is 5.40. The minimum Gasteiger partial charge on any atom is -0.317 e. The van der Waals surface area contributed by atoms with Gasteiger partial charge in [0.15, 0.2) is 0 Å². The Morgan fingerprint density at radius 1 is 1.35 bits per heavy atom. The van der Waals surface area contributed by atoms with E-state index in [2.05, 4.69) is 26.0 Å². The van der Waals surface area contributed by atoms with E-state index in [4.69, 9.17) is 0 Å². The zero-order valence-corrected chi connectivity index (χ0v) is 14.5. The lowest BCUT2D eigenvalue weighted by Crippen LogP contribution is -2.34. The van der Waals surface area contributed by atoms with Crippen molar-refractivity contribution < 1.29 is 8.42 Å². The summed E-state index contributed by atoms with van der Waals surface area (Å²) in [6.07, 6.45) is 0.782. The highest BCUT2D eigenvalue weighted by Gasteiger charge is 2.17. The molecule has 114 valence electrons. The first-order valence-electron chi connectivity index (χ1n) is 6.57. The largest absolute Gasteiger partial charge is 0.317 e. The summed E-state index contributed by atoms with van der Waals surface area (Å²) >= 11 is 3.39. The molecule has 0 aromatic heterocycles. The van der Waals surface area contributed by atoms with Crippen molar-refractivity contribution in [1.82, 2.24) is 9.62 Å². The molecule has 20 heavy (non-hydrogen) atoms. The van der Waals surface area contributed by atoms with Crippen LogP contribution in [-0.4, -0.2) is 39.4 Å². The Balaban J connectivity index is 2.61. The second-order valence-corrected chi connectivity index (χ2v) is 7.23. The van der Waals surface area contributed by atoms with Crippen LogP contribution in [0.2, 0.25) is 0 Å². The maximum atomic E-state index is 12.1. The molecule has 0 unspecified atom stereocenters. The fraction of sp³-hybridized carbons (Fsp3) is 0.538. The summed E-state index contributed by atoms with van der Waals surface area (Å²) in [6, 6.07) is 5.37. The highest BCUT2D eigenvalue weighted by molar-refractivity contribution is 9.10. The Kier molecular flexibility index (Phi) is 6.94. The van der Waals surface area contributed by atoms with E-state index in [0.717, 1.165) is 29.5 Å². The van der Waals surface area contributed by atoms with Crippen LogP contribution in [0.25, 0.3) is 0 Å². The summed E-state index contributed by atoms with van der Waals surface area (Å²) in [7, 11) is -1.91. The number of hydrogen-bond donors (Lipinski definition) is 2. The number of hydrogen-bond acceptors (Lipinski definition) is 3. The van der Waals surface area contributed by atoms with Gasteiger partial charge in [-0.3, -0.25) is 4.72 Å². The molecule has 7 heteroatoms. The standard InChI is InChI=1S/C13H22BrN3O2S/c1-4-15-8-5-9-17(3)20(18,19)16-12-6-7-13(14)11(2)10-12/h6-7,10,15-16H,4-5,8-9H2,1-3H3. The molecule has 0 spiro atoms. The van der Waals surface area contributed by atoms with Gasteiger partial charge in [0.2, 0.25) is 0 Å². The van der Waals surface area contributed by atoms with Gasteiger partial charge in [-0.25, -0.2) is 0 Å². The van der Waals surface area contributed by atoms with Gasteiger partial charge in [-0.1, -0.05) is 22.9 Å². The van der Waals surface area contributed by atoms with Crippen LogP contribution < -0.4 is 10.0 Å². The second kappa shape index (κ2) is 7.97. The number of halogens is 1. The van der Waals surface area contributed by atoms with Gasteiger partial charge in [0.25, 0.3) is 0 Å². The number of anilines is 1. The van der Waals surface area contributed by atoms with Crippen molar-refractivity contribution in [2.75, 3.05) is 31.4 Å². The lowest BCUT2D eigenvalue weighted by molar-refractivity contribution is 0.459. The van der Waals surface area contributed by atoms with Gasteiger partial charge >= 0.3 is 10.2 Å². The van der Waals surface area contributed by atoms with E-state index in [1.807, 2.05) is 19.9 Å². The molecule has 1 aromatic rings. The normalized spacial score (nSPS) is 11.8. The first kappa shape index (κ1) is 17.4. The van der Waals surface area contributed by atoms with E-state index in [1.54, 1.807) is 19.2 Å². The van der Waals surface area contributed by atoms with Gasteiger partial charge in [-0.15, -0.1) is 0 Å². The maximum Gasteiger partial charge on any atom is 0.301 e. The summed E-state index contributed by atoms with van der Waals surface area (Å²) < 4.78 is 29.2. The summed E-state index contributed by atoms with van der Waals surface area (Å²) in [5.41, 5.74) is 1.56. The van der Waals surface area contributed by atoms with Gasteiger partial charge in [-0.05, 0) is 50.2 Å². The van der Waals surface area contributed by atoms with Gasteiger partial charge < -0.3 is 5.32 Å². The van der Waals surface area contributed by atoms with Crippen LogP contribution in [0.4, 0.5) is 5.69 Å². The Hall–Kier alpha value is -0.630. The SMILES string of the molecule is CCNCCCN(C)S(=O)(=O)Nc1ccc(Br)c(C)c1. The molecule has 1 rings (SSSR count). The summed E-state index contributed by atoms with van der Waals surface area (Å²) in [6.45, 7) is 6.14. The molecule has 0 radical (unpaired) electrons. The molecule has 0 saturated carbocycles. The molecule has 0 saturated heterocycles. The predicted molar refractivity (Wildman–Crippen MR) is 87.2 cm³/mol. The number of rotatable bonds is 8. The van der Waals surface area contributed by atoms with Gasteiger partial charge in [-0.2, -0.15) is 12.7 Å². The average Bonchev–Trinajstić information content (AvgIpc) is 2.38. The van der Waals surface area contributed by atoms with Gasteiger partial charge in [0, 0.05) is 18.1 Å². The monoisotopic (exact) mass is 363 g/mol. The minimum atomic E-state index is -3.49. The van der Waals surface area contributed by atoms with E-state index >= 15 is 0 Å². The maximum absolute atomic E-state index is 12.1. The fourth-order valence-electron chi connectivity index (χ4n) is 1.66. The fourth-order valence-corrected chi connectivity index (χ4v) is 2.86. The molecule has 0 bridgehead atoms. The predicted octanol–water partition coefficient (Wildman–Crippen LogP) is 2.35. The molecular weight excluding hydrogens is 342 g/mol. The van der Waals surface area contributed by atoms with Crippen molar-refractivity contribution in [2.45, 2.75) is 20.3 Å². The zero-order valence-electron chi connectivity index (χ0n) is 12.1. The van der Waals surface area contributed by atoms with Crippen LogP contribution in [-0.2, 0) is 10.2 Å². The lowest BCUT2D eigenvalue weighted by atomic mass is 10.2. The average molecular weight is 364 g/mol. The van der Waals surface area contributed by atoms with E-state index in [0.29, 0.717) is 12.2 Å². The Labute approximate surface area is 130 Å². The van der Waals surface area contributed by atoms with E-state index < -0.39 is 10.2 Å². The van der Waals surface area contributed by atoms with Gasteiger partial charge in [0.1, 0.15) is 0 Å². The van der Waals surface area contributed by atoms with Crippen molar-refractivity contribution in [1.29, 1.82) is 0 Å². The molecular formula is C13H22BrN3O2S. The van der Waals surface area contributed by atoms with E-state index in [-0.39, 0.29) is 0 Å². The molecule has 0 heterocycles. The minimum absolute atomic E-state index is 0.484. The molecule has 1 aromatic carbocycles. The third-order valence-corrected chi connectivity index (χ3v) is 5.28. The Morgan fingerprint density at radius 2 is 2.05 bits per heavy atom. The van der Waals surface area contributed by atoms with Crippen LogP contribution in [0.15, 0.2) is 22.7 Å². The summed E-state index contributed by atoms with van der Waals surface area (Å²) in [5, 5.41) is 3.17. The first-order chi connectivity index (χ1) is 9.36. The number of nitrogens with zero attached hydrogens (tertiary/aromatic N) is 1. The number of aryl methyl sites for hydroxylation is 1. The van der Waals surface area contributed by atoms with Crippen LogP contribution in [0, 0.1) is 6.92 Å². The zero-order chi connectivity index (χ0) is 15.2. The molecule has 0 fully saturated rings. The van der Waals surface area contributed by atoms with E-state index in [9.17, 15) is 8.42 Å². The van der Waals surface area contributed by atoms with Crippen LogP contribution in [0.1, 0.15) is 18.9 Å². The molecule has 0 aliphatic carbocycles.